The van der Waals surface area contributed by atoms with Crippen molar-refractivity contribution in [1.82, 2.24) is 0 Å². The predicted octanol–water partition coefficient (Wildman–Crippen LogP) is 8.76. The fraction of sp³-hybridized carbons (Fsp3) is 0.538. The maximum atomic E-state index is 13.1. The normalized spacial score (nSPS) is 13.1. The van der Waals surface area contributed by atoms with Gasteiger partial charge in [0.2, 0.25) is 0 Å². The summed E-state index contributed by atoms with van der Waals surface area (Å²) in [4.78, 5) is 0. The predicted molar refractivity (Wildman–Crippen MR) is 129 cm³/mol. The quantitative estimate of drug-likeness (QED) is 0.180. The molecule has 5 heteroatoms. The van der Waals surface area contributed by atoms with Gasteiger partial charge in [0.1, 0.15) is 11.5 Å². The van der Waals surface area contributed by atoms with Gasteiger partial charge in [0.15, 0.2) is 0 Å². The first-order valence-corrected chi connectivity index (χ1v) is 13.6. The minimum Gasteiger partial charge on any atom is -0.457 e. The zero-order valence-electron chi connectivity index (χ0n) is 19.3. The average molecular weight is 447 g/mol. The Morgan fingerprint density at radius 1 is 0.710 bits per heavy atom. The molecule has 4 nitrogen and oxygen atoms in total. The number of ether oxygens (including phenoxy) is 1. The van der Waals surface area contributed by atoms with Crippen LogP contribution in [0.25, 0.3) is 0 Å². The van der Waals surface area contributed by atoms with Gasteiger partial charge >= 0.3 is 7.60 Å². The summed E-state index contributed by atoms with van der Waals surface area (Å²) in [6.07, 6.45) is 11.5. The molecule has 0 aliphatic heterocycles. The highest BCUT2D eigenvalue weighted by Crippen LogP contribution is 2.49. The van der Waals surface area contributed by atoms with E-state index in [1.54, 1.807) is 0 Å². The molecule has 2 rings (SSSR count). The third-order valence-corrected chi connectivity index (χ3v) is 7.20. The molecule has 0 amide bonds. The number of benzene rings is 2. The third-order valence-electron chi connectivity index (χ3n) is 5.17. The van der Waals surface area contributed by atoms with Crippen LogP contribution in [0, 0.1) is 0 Å². The molecule has 0 heterocycles. The van der Waals surface area contributed by atoms with Crippen molar-refractivity contribution >= 4 is 7.60 Å². The van der Waals surface area contributed by atoms with Crippen molar-refractivity contribution in [2.24, 2.45) is 0 Å². The number of hydrogen-bond donors (Lipinski definition) is 0. The molecule has 0 aromatic heterocycles. The van der Waals surface area contributed by atoms with Crippen molar-refractivity contribution in [3.63, 3.8) is 0 Å². The van der Waals surface area contributed by atoms with Crippen molar-refractivity contribution in [2.75, 3.05) is 12.8 Å². The molecule has 1 atom stereocenters. The first kappa shape index (κ1) is 25.6. The van der Waals surface area contributed by atoms with Crippen molar-refractivity contribution in [3.8, 4) is 11.5 Å². The van der Waals surface area contributed by atoms with Crippen LogP contribution in [0.3, 0.4) is 0 Å². The fourth-order valence-electron chi connectivity index (χ4n) is 3.48. The summed E-state index contributed by atoms with van der Waals surface area (Å²) in [5.41, 5.74) is 0.917. The topological polar surface area (TPSA) is 44.8 Å². The Bertz CT molecular complexity index is 763. The Morgan fingerprint density at radius 3 is 2.03 bits per heavy atom. The van der Waals surface area contributed by atoms with Gasteiger partial charge in [-0.15, -0.1) is 0 Å². The van der Waals surface area contributed by atoms with Gasteiger partial charge in [0.05, 0.1) is 19.4 Å². The summed E-state index contributed by atoms with van der Waals surface area (Å²) in [7, 11) is -3.08. The van der Waals surface area contributed by atoms with E-state index in [2.05, 4.69) is 6.92 Å². The largest absolute Gasteiger partial charge is 0.457 e. The Balaban J connectivity index is 1.75. The second-order valence-electron chi connectivity index (χ2n) is 7.92. The number of hydrogen-bond acceptors (Lipinski definition) is 4. The first-order chi connectivity index (χ1) is 15.1. The molecule has 0 bridgehead atoms. The summed E-state index contributed by atoms with van der Waals surface area (Å²) < 4.78 is 30.3. The van der Waals surface area contributed by atoms with Gasteiger partial charge in [0.25, 0.3) is 0 Å². The highest BCUT2D eigenvalue weighted by atomic mass is 31.2. The molecule has 0 aliphatic rings. The molecule has 1 unspecified atom stereocenters. The highest BCUT2D eigenvalue weighted by molar-refractivity contribution is 7.53. The van der Waals surface area contributed by atoms with Crippen LogP contribution in [0.4, 0.5) is 0 Å². The van der Waals surface area contributed by atoms with Gasteiger partial charge < -0.3 is 13.8 Å². The molecule has 31 heavy (non-hydrogen) atoms. The van der Waals surface area contributed by atoms with Crippen LogP contribution in [-0.4, -0.2) is 12.8 Å². The van der Waals surface area contributed by atoms with Gasteiger partial charge in [0, 0.05) is 0 Å². The zero-order chi connectivity index (χ0) is 22.2. The summed E-state index contributed by atoms with van der Waals surface area (Å²) >= 11 is 0. The second kappa shape index (κ2) is 15.2. The van der Waals surface area contributed by atoms with E-state index in [0.717, 1.165) is 29.9 Å². The Hall–Kier alpha value is -1.61. The van der Waals surface area contributed by atoms with Crippen LogP contribution in [-0.2, 0) is 20.2 Å². The van der Waals surface area contributed by atoms with Crippen LogP contribution in [0.2, 0.25) is 0 Å². The van der Waals surface area contributed by atoms with E-state index in [1.807, 2.05) is 61.5 Å². The van der Waals surface area contributed by atoms with Crippen LogP contribution in [0.1, 0.15) is 77.2 Å². The minimum atomic E-state index is -3.08. The molecule has 2 aromatic carbocycles. The Kier molecular flexibility index (Phi) is 12.6. The van der Waals surface area contributed by atoms with E-state index >= 15 is 0 Å². The number of para-hydroxylation sites is 1. The van der Waals surface area contributed by atoms with Gasteiger partial charge in [-0.2, -0.15) is 0 Å². The summed E-state index contributed by atoms with van der Waals surface area (Å²) in [6.45, 7) is 4.75. The van der Waals surface area contributed by atoms with Crippen LogP contribution < -0.4 is 4.74 Å². The standard InChI is InChI=1S/C26H39O4P/c1-3-5-6-7-8-9-10-11-15-21-31(27,28-4-2)29-23-24-17-16-20-26(22-24)30-25-18-13-12-14-19-25/h12-14,16-20,22H,3-11,15,21,23H2,1-2H3. The Labute approximate surface area is 188 Å². The van der Waals surface area contributed by atoms with Gasteiger partial charge in [-0.1, -0.05) is 88.6 Å². The SMILES string of the molecule is CCCCCCCCCCCP(=O)(OCC)OCc1cccc(Oc2ccccc2)c1. The van der Waals surface area contributed by atoms with Gasteiger partial charge in [-0.05, 0) is 43.2 Å². The van der Waals surface area contributed by atoms with E-state index in [9.17, 15) is 4.57 Å². The summed E-state index contributed by atoms with van der Waals surface area (Å²) in [5.74, 6) is 1.52. The van der Waals surface area contributed by atoms with E-state index in [4.69, 9.17) is 13.8 Å². The summed E-state index contributed by atoms with van der Waals surface area (Å²) in [6, 6.07) is 17.4. The van der Waals surface area contributed by atoms with E-state index < -0.39 is 7.60 Å². The molecule has 172 valence electrons. The zero-order valence-corrected chi connectivity index (χ0v) is 20.2. The minimum absolute atomic E-state index is 0.251. The van der Waals surface area contributed by atoms with Crippen molar-refractivity contribution in [3.05, 3.63) is 60.2 Å². The molecular weight excluding hydrogens is 407 g/mol. The molecule has 0 radical (unpaired) electrons. The van der Waals surface area contributed by atoms with Gasteiger partial charge in [-0.25, -0.2) is 0 Å². The fourth-order valence-corrected chi connectivity index (χ4v) is 5.16. The highest BCUT2D eigenvalue weighted by Gasteiger charge is 2.23. The summed E-state index contributed by atoms with van der Waals surface area (Å²) in [5, 5.41) is 0. The number of rotatable bonds is 17. The van der Waals surface area contributed by atoms with Crippen molar-refractivity contribution in [2.45, 2.75) is 78.2 Å². The second-order valence-corrected chi connectivity index (χ2v) is 10.1. The van der Waals surface area contributed by atoms with Crippen LogP contribution in [0.5, 0.6) is 11.5 Å². The molecule has 0 aliphatic carbocycles. The lowest BCUT2D eigenvalue weighted by Gasteiger charge is -2.18. The maximum absolute atomic E-state index is 13.1. The van der Waals surface area contributed by atoms with Gasteiger partial charge in [-0.3, -0.25) is 4.57 Å². The first-order valence-electron chi connectivity index (χ1n) is 11.8. The van der Waals surface area contributed by atoms with Crippen molar-refractivity contribution < 1.29 is 18.3 Å². The number of unbranched alkanes of at least 4 members (excludes halogenated alkanes) is 8. The van der Waals surface area contributed by atoms with Crippen LogP contribution >= 0.6 is 7.60 Å². The smallest absolute Gasteiger partial charge is 0.330 e. The maximum Gasteiger partial charge on any atom is 0.330 e. The van der Waals surface area contributed by atoms with E-state index in [1.165, 1.54) is 44.9 Å². The third kappa shape index (κ3) is 11.0. The molecule has 0 spiro atoms. The average Bonchev–Trinajstić information content (AvgIpc) is 2.78. The lowest BCUT2D eigenvalue weighted by molar-refractivity contribution is 0.204. The molecular formula is C26H39O4P. The molecule has 0 saturated carbocycles. The Morgan fingerprint density at radius 2 is 1.35 bits per heavy atom. The molecule has 0 N–H and O–H groups in total. The van der Waals surface area contributed by atoms with E-state index in [0.29, 0.717) is 12.8 Å². The lowest BCUT2D eigenvalue weighted by atomic mass is 10.1. The lowest BCUT2D eigenvalue weighted by Crippen LogP contribution is -2.01. The van der Waals surface area contributed by atoms with E-state index in [-0.39, 0.29) is 6.61 Å². The van der Waals surface area contributed by atoms with Crippen LogP contribution in [0.15, 0.2) is 54.6 Å². The molecule has 0 saturated heterocycles. The molecule has 2 aromatic rings. The molecule has 0 fully saturated rings. The monoisotopic (exact) mass is 446 g/mol. The van der Waals surface area contributed by atoms with Crippen molar-refractivity contribution in [1.29, 1.82) is 0 Å².